The van der Waals surface area contributed by atoms with Crippen LogP contribution in [0.2, 0.25) is 0 Å². The van der Waals surface area contributed by atoms with Crippen LogP contribution in [0.25, 0.3) is 0 Å². The highest BCUT2D eigenvalue weighted by atomic mass is 79.9. The lowest BCUT2D eigenvalue weighted by Crippen LogP contribution is -2.50. The molecule has 1 fully saturated rings. The molecule has 1 amide bonds. The minimum Gasteiger partial charge on any atom is -0.480 e. The van der Waals surface area contributed by atoms with Gasteiger partial charge in [-0.25, -0.2) is 4.79 Å². The summed E-state index contributed by atoms with van der Waals surface area (Å²) in [4.78, 5) is 25.6. The number of carboxylic acids is 1. The third-order valence-corrected chi connectivity index (χ3v) is 4.92. The van der Waals surface area contributed by atoms with E-state index >= 15 is 0 Å². The minimum atomic E-state index is -0.955. The molecule has 1 aromatic carbocycles. The van der Waals surface area contributed by atoms with Gasteiger partial charge in [0, 0.05) is 24.0 Å². The van der Waals surface area contributed by atoms with Gasteiger partial charge in [-0.05, 0) is 23.6 Å². The van der Waals surface area contributed by atoms with E-state index in [-0.39, 0.29) is 11.8 Å². The number of benzene rings is 1. The Balaban J connectivity index is 1.91. The van der Waals surface area contributed by atoms with Crippen LogP contribution in [0.3, 0.4) is 0 Å². The first-order valence-corrected chi connectivity index (χ1v) is 7.74. The molecule has 1 N–H and O–H groups in total. The van der Waals surface area contributed by atoms with Crippen molar-refractivity contribution < 1.29 is 19.4 Å². The van der Waals surface area contributed by atoms with Crippen LogP contribution in [0.1, 0.15) is 17.5 Å². The molecule has 5 nitrogen and oxygen atoms in total. The molecule has 2 atom stereocenters. The number of ether oxygens (including phenoxy) is 1. The zero-order chi connectivity index (χ0) is 15.0. The second-order valence-electron chi connectivity index (χ2n) is 5.46. The predicted octanol–water partition coefficient (Wildman–Crippen LogP) is 1.82. The Morgan fingerprint density at radius 2 is 2.19 bits per heavy atom. The summed E-state index contributed by atoms with van der Waals surface area (Å²) in [5.41, 5.74) is 1.99. The summed E-state index contributed by atoms with van der Waals surface area (Å²) in [7, 11) is 0. The van der Waals surface area contributed by atoms with E-state index in [1.165, 1.54) is 4.90 Å². The number of halogens is 1. The van der Waals surface area contributed by atoms with Gasteiger partial charge in [-0.3, -0.25) is 4.79 Å². The van der Waals surface area contributed by atoms with Gasteiger partial charge >= 0.3 is 5.97 Å². The fourth-order valence-corrected chi connectivity index (χ4v) is 3.56. The number of fused-ring (bicyclic) bond motifs is 1. The first kappa shape index (κ1) is 14.5. The van der Waals surface area contributed by atoms with E-state index in [4.69, 9.17) is 4.74 Å². The molecule has 0 saturated carbocycles. The number of nitrogens with zero attached hydrogens (tertiary/aromatic N) is 1. The normalized spacial score (nSPS) is 24.7. The molecule has 2 aliphatic rings. The summed E-state index contributed by atoms with van der Waals surface area (Å²) in [6, 6.07) is 4.96. The molecule has 1 aromatic rings. The quantitative estimate of drug-likeness (QED) is 0.880. The van der Waals surface area contributed by atoms with Crippen molar-refractivity contribution in [2.75, 3.05) is 13.2 Å². The molecule has 112 valence electrons. The Hall–Kier alpha value is -1.40. The maximum Gasteiger partial charge on any atom is 0.326 e. The Morgan fingerprint density at radius 1 is 1.38 bits per heavy atom. The second-order valence-corrected chi connectivity index (χ2v) is 6.32. The first-order valence-electron chi connectivity index (χ1n) is 6.95. The van der Waals surface area contributed by atoms with Gasteiger partial charge in [-0.15, -0.1) is 0 Å². The Morgan fingerprint density at radius 3 is 2.86 bits per heavy atom. The van der Waals surface area contributed by atoms with E-state index in [1.807, 2.05) is 18.2 Å². The van der Waals surface area contributed by atoms with Crippen molar-refractivity contribution in [2.45, 2.75) is 25.4 Å². The average Bonchev–Trinajstić information content (AvgIpc) is 2.99. The lowest BCUT2D eigenvalue weighted by atomic mass is 9.92. The molecule has 2 heterocycles. The molecule has 2 aliphatic heterocycles. The molecule has 1 saturated heterocycles. The lowest BCUT2D eigenvalue weighted by Gasteiger charge is -2.36. The largest absolute Gasteiger partial charge is 0.480 e. The number of amides is 1. The van der Waals surface area contributed by atoms with E-state index < -0.39 is 12.0 Å². The van der Waals surface area contributed by atoms with E-state index in [9.17, 15) is 14.7 Å². The van der Waals surface area contributed by atoms with Crippen LogP contribution in [0.4, 0.5) is 0 Å². The molecule has 0 spiro atoms. The van der Waals surface area contributed by atoms with E-state index in [2.05, 4.69) is 15.9 Å². The van der Waals surface area contributed by atoms with Crippen molar-refractivity contribution in [1.29, 1.82) is 0 Å². The maximum atomic E-state index is 12.6. The number of carbonyl (C=O) groups is 2. The van der Waals surface area contributed by atoms with E-state index in [1.54, 1.807) is 0 Å². The molecular weight excluding hydrogens is 338 g/mol. The number of hydrogen-bond donors (Lipinski definition) is 1. The third kappa shape index (κ3) is 2.70. The number of rotatable bonds is 2. The number of aliphatic carboxylic acids is 1. The predicted molar refractivity (Wildman–Crippen MR) is 78.7 cm³/mol. The van der Waals surface area contributed by atoms with Gasteiger partial charge in [0.25, 0.3) is 0 Å². The summed E-state index contributed by atoms with van der Waals surface area (Å²) in [6.07, 6.45) is 1.01. The summed E-state index contributed by atoms with van der Waals surface area (Å²) < 4.78 is 6.16. The van der Waals surface area contributed by atoms with Crippen molar-refractivity contribution in [3.05, 3.63) is 33.8 Å². The van der Waals surface area contributed by atoms with Gasteiger partial charge in [-0.2, -0.15) is 0 Å². The molecule has 0 bridgehead atoms. The SMILES string of the molecule is O=C(O)C1Cc2c(Br)cccc2CN1C(=O)C1CCOC1. The Bertz CT molecular complexity index is 583. The summed E-state index contributed by atoms with van der Waals surface area (Å²) in [6.45, 7) is 1.32. The summed E-state index contributed by atoms with van der Waals surface area (Å²) >= 11 is 3.47. The van der Waals surface area contributed by atoms with Crippen molar-refractivity contribution in [1.82, 2.24) is 4.90 Å². The van der Waals surface area contributed by atoms with Crippen molar-refractivity contribution >= 4 is 27.8 Å². The van der Waals surface area contributed by atoms with Gasteiger partial charge in [0.2, 0.25) is 5.91 Å². The average molecular weight is 354 g/mol. The highest BCUT2D eigenvalue weighted by Crippen LogP contribution is 2.31. The van der Waals surface area contributed by atoms with Crippen molar-refractivity contribution in [3.63, 3.8) is 0 Å². The van der Waals surface area contributed by atoms with Gasteiger partial charge < -0.3 is 14.7 Å². The van der Waals surface area contributed by atoms with Crippen LogP contribution >= 0.6 is 15.9 Å². The highest BCUT2D eigenvalue weighted by Gasteiger charge is 2.38. The molecule has 6 heteroatoms. The standard InChI is InChI=1S/C15H16BrNO4/c16-12-3-1-2-9-7-17(13(15(19)20)6-11(9)12)14(18)10-4-5-21-8-10/h1-3,10,13H,4-8H2,(H,19,20). The molecule has 0 radical (unpaired) electrons. The van der Waals surface area contributed by atoms with Crippen LogP contribution in [0, 0.1) is 5.92 Å². The fourth-order valence-electron chi connectivity index (χ4n) is 2.99. The topological polar surface area (TPSA) is 66.8 Å². The van der Waals surface area contributed by atoms with Gasteiger partial charge in [-0.1, -0.05) is 28.1 Å². The van der Waals surface area contributed by atoms with Crippen LogP contribution in [0.15, 0.2) is 22.7 Å². The molecule has 0 aliphatic carbocycles. The Kier molecular flexibility index (Phi) is 3.99. The molecule has 0 aromatic heterocycles. The Labute approximate surface area is 131 Å². The zero-order valence-corrected chi connectivity index (χ0v) is 13.0. The zero-order valence-electron chi connectivity index (χ0n) is 11.4. The minimum absolute atomic E-state index is 0.106. The lowest BCUT2D eigenvalue weighted by molar-refractivity contribution is -0.153. The first-order chi connectivity index (χ1) is 10.1. The van der Waals surface area contributed by atoms with Crippen LogP contribution < -0.4 is 0 Å². The van der Waals surface area contributed by atoms with Crippen molar-refractivity contribution in [2.24, 2.45) is 5.92 Å². The number of carbonyl (C=O) groups excluding carboxylic acids is 1. The highest BCUT2D eigenvalue weighted by molar-refractivity contribution is 9.10. The van der Waals surface area contributed by atoms with E-state index in [0.29, 0.717) is 32.6 Å². The smallest absolute Gasteiger partial charge is 0.326 e. The number of carboxylic acid groups (broad SMARTS) is 1. The summed E-state index contributed by atoms with van der Waals surface area (Å²) in [5, 5.41) is 9.48. The summed E-state index contributed by atoms with van der Waals surface area (Å²) in [5.74, 6) is -1.27. The third-order valence-electron chi connectivity index (χ3n) is 4.18. The molecule has 21 heavy (non-hydrogen) atoms. The second kappa shape index (κ2) is 5.77. The molecule has 2 unspecified atom stereocenters. The van der Waals surface area contributed by atoms with Gasteiger partial charge in [0.1, 0.15) is 6.04 Å². The molecular formula is C15H16BrNO4. The van der Waals surface area contributed by atoms with E-state index in [0.717, 1.165) is 15.6 Å². The van der Waals surface area contributed by atoms with Gasteiger partial charge in [0.15, 0.2) is 0 Å². The molecule has 3 rings (SSSR count). The van der Waals surface area contributed by atoms with Gasteiger partial charge in [0.05, 0.1) is 12.5 Å². The monoisotopic (exact) mass is 353 g/mol. The van der Waals surface area contributed by atoms with Crippen LogP contribution in [0.5, 0.6) is 0 Å². The fraction of sp³-hybridized carbons (Fsp3) is 0.467. The number of hydrogen-bond acceptors (Lipinski definition) is 3. The van der Waals surface area contributed by atoms with Crippen LogP contribution in [-0.4, -0.2) is 41.1 Å². The van der Waals surface area contributed by atoms with Crippen LogP contribution in [-0.2, 0) is 27.3 Å². The van der Waals surface area contributed by atoms with Crippen molar-refractivity contribution in [3.8, 4) is 0 Å². The maximum absolute atomic E-state index is 12.6.